The average Bonchev–Trinajstić information content (AvgIpc) is 3.55. The van der Waals surface area contributed by atoms with Crippen LogP contribution in [0.25, 0.3) is 0 Å². The topological polar surface area (TPSA) is 84.0 Å². The Morgan fingerprint density at radius 1 is 1.12 bits per heavy atom. The quantitative estimate of drug-likeness (QED) is 0.659. The van der Waals surface area contributed by atoms with Crippen molar-refractivity contribution in [3.8, 4) is 0 Å². The normalized spacial score (nSPS) is 27.6. The first-order chi connectivity index (χ1) is 16.7. The van der Waals surface area contributed by atoms with Crippen LogP contribution in [0.5, 0.6) is 0 Å². The Balaban J connectivity index is 1.13. The average molecular weight is 471 g/mol. The Labute approximate surface area is 202 Å². The van der Waals surface area contributed by atoms with Gasteiger partial charge in [-0.05, 0) is 62.5 Å². The summed E-state index contributed by atoms with van der Waals surface area (Å²) in [4.78, 5) is 34.5. The predicted octanol–water partition coefficient (Wildman–Crippen LogP) is 2.48. The van der Waals surface area contributed by atoms with Crippen LogP contribution in [0.3, 0.4) is 0 Å². The van der Waals surface area contributed by atoms with Crippen LogP contribution in [0.1, 0.15) is 55.3 Å². The van der Waals surface area contributed by atoms with Gasteiger partial charge in [-0.15, -0.1) is 0 Å². The number of aromatic nitrogens is 1. The van der Waals surface area contributed by atoms with E-state index in [4.69, 9.17) is 9.47 Å². The summed E-state index contributed by atoms with van der Waals surface area (Å²) in [6, 6.07) is 3.77. The van der Waals surface area contributed by atoms with Crippen LogP contribution in [0, 0.1) is 17.8 Å². The lowest BCUT2D eigenvalue weighted by Crippen LogP contribution is -2.43. The van der Waals surface area contributed by atoms with Gasteiger partial charge in [-0.25, -0.2) is 4.98 Å². The molecule has 4 aliphatic heterocycles. The van der Waals surface area contributed by atoms with Crippen molar-refractivity contribution in [2.24, 2.45) is 17.8 Å². The molecule has 1 aromatic rings. The molecule has 5 heterocycles. The van der Waals surface area contributed by atoms with Crippen LogP contribution >= 0.6 is 0 Å². The van der Waals surface area contributed by atoms with Gasteiger partial charge in [0.1, 0.15) is 5.82 Å². The number of ether oxygens (including phenoxy) is 2. The van der Waals surface area contributed by atoms with Crippen molar-refractivity contribution in [3.05, 3.63) is 23.9 Å². The first-order valence-electron chi connectivity index (χ1n) is 13.1. The Morgan fingerprint density at radius 2 is 1.94 bits per heavy atom. The van der Waals surface area contributed by atoms with Gasteiger partial charge in [0.25, 0.3) is 5.91 Å². The fourth-order valence-corrected chi connectivity index (χ4v) is 6.10. The van der Waals surface area contributed by atoms with Crippen LogP contribution in [-0.2, 0) is 14.3 Å². The zero-order valence-corrected chi connectivity index (χ0v) is 20.1. The van der Waals surface area contributed by atoms with Gasteiger partial charge in [0, 0.05) is 58.1 Å². The van der Waals surface area contributed by atoms with Gasteiger partial charge in [0.15, 0.2) is 0 Å². The Hall–Kier alpha value is -2.19. The number of pyridine rings is 1. The summed E-state index contributed by atoms with van der Waals surface area (Å²) in [5, 5.41) is 3.11. The number of amides is 2. The number of nitrogens with one attached hydrogen (secondary N) is 1. The number of piperidine rings is 1. The minimum atomic E-state index is -0.00957. The molecule has 2 amide bonds. The summed E-state index contributed by atoms with van der Waals surface area (Å²) >= 11 is 0. The number of carbonyl (C=O) groups is 2. The van der Waals surface area contributed by atoms with Crippen LogP contribution in [-0.4, -0.2) is 80.3 Å². The molecule has 1 aromatic heterocycles. The summed E-state index contributed by atoms with van der Waals surface area (Å²) in [6.45, 7) is 6.44. The van der Waals surface area contributed by atoms with Crippen molar-refractivity contribution in [3.63, 3.8) is 0 Å². The third-order valence-electron chi connectivity index (χ3n) is 8.11. The van der Waals surface area contributed by atoms with E-state index in [1.54, 1.807) is 6.20 Å². The molecule has 8 heteroatoms. The second-order valence-electron chi connectivity index (χ2n) is 10.3. The van der Waals surface area contributed by atoms with Crippen molar-refractivity contribution >= 4 is 17.6 Å². The number of rotatable bonds is 7. The van der Waals surface area contributed by atoms with E-state index in [0.29, 0.717) is 36.3 Å². The second-order valence-corrected chi connectivity index (χ2v) is 10.3. The van der Waals surface area contributed by atoms with E-state index in [0.717, 1.165) is 90.3 Å². The highest BCUT2D eigenvalue weighted by Crippen LogP contribution is 2.37. The Kier molecular flexibility index (Phi) is 7.64. The molecule has 4 aliphatic rings. The largest absolute Gasteiger partial charge is 0.381 e. The molecule has 0 spiro atoms. The molecule has 0 unspecified atom stereocenters. The smallest absolute Gasteiger partial charge is 0.257 e. The van der Waals surface area contributed by atoms with Gasteiger partial charge >= 0.3 is 0 Å². The molecule has 0 aliphatic carbocycles. The van der Waals surface area contributed by atoms with Gasteiger partial charge in [-0.2, -0.15) is 0 Å². The molecule has 5 rings (SSSR count). The van der Waals surface area contributed by atoms with Gasteiger partial charge in [0.2, 0.25) is 5.91 Å². The molecule has 186 valence electrons. The zero-order valence-electron chi connectivity index (χ0n) is 20.1. The fraction of sp³-hybridized carbons (Fsp3) is 0.731. The SMILES string of the molecule is O=C(C[C@@H]1OC[C@H]2CN(c3ncccc3C(=O)N3CCCC3)CC[C@H]21)NCCC1CCOCC1. The Morgan fingerprint density at radius 3 is 2.76 bits per heavy atom. The molecule has 0 radical (unpaired) electrons. The maximum atomic E-state index is 13.1. The molecular weight excluding hydrogens is 432 g/mol. The van der Waals surface area contributed by atoms with E-state index >= 15 is 0 Å². The van der Waals surface area contributed by atoms with E-state index < -0.39 is 0 Å². The third kappa shape index (κ3) is 5.38. The monoisotopic (exact) mass is 470 g/mol. The molecule has 0 aromatic carbocycles. The summed E-state index contributed by atoms with van der Waals surface area (Å²) in [5.41, 5.74) is 0.710. The standard InChI is InChI=1S/C26H38N4O4/c31-24(27-10-5-19-7-14-33-15-8-19)16-23-21-6-13-30(17-20(21)18-34-23)25-22(4-3-9-28-25)26(32)29-11-1-2-12-29/h3-4,9,19-21,23H,1-2,5-8,10-18H2,(H,27,31)/t20-,21-,23+/m1/s1. The number of carbonyl (C=O) groups excluding carboxylic acids is 2. The summed E-state index contributed by atoms with van der Waals surface area (Å²) in [7, 11) is 0. The van der Waals surface area contributed by atoms with Crippen molar-refractivity contribution in [1.29, 1.82) is 0 Å². The maximum absolute atomic E-state index is 13.1. The number of likely N-dealkylation sites (tertiary alicyclic amines) is 1. The lowest BCUT2D eigenvalue weighted by Gasteiger charge is -2.37. The van der Waals surface area contributed by atoms with Gasteiger partial charge in [0.05, 0.1) is 24.7 Å². The molecule has 34 heavy (non-hydrogen) atoms. The van der Waals surface area contributed by atoms with E-state index in [1.165, 1.54) is 0 Å². The van der Waals surface area contributed by atoms with E-state index in [1.807, 2.05) is 17.0 Å². The highest BCUT2D eigenvalue weighted by Gasteiger charge is 2.42. The lowest BCUT2D eigenvalue weighted by atomic mass is 9.83. The number of hydrogen-bond donors (Lipinski definition) is 1. The molecule has 3 atom stereocenters. The van der Waals surface area contributed by atoms with Crippen LogP contribution in [0.2, 0.25) is 0 Å². The number of fused-ring (bicyclic) bond motifs is 1. The van der Waals surface area contributed by atoms with Crippen LogP contribution < -0.4 is 10.2 Å². The maximum Gasteiger partial charge on any atom is 0.257 e. The Bertz CT molecular complexity index is 853. The van der Waals surface area contributed by atoms with Crippen molar-refractivity contribution in [2.45, 2.75) is 51.0 Å². The van der Waals surface area contributed by atoms with Gasteiger partial charge in [-0.3, -0.25) is 9.59 Å². The number of nitrogens with zero attached hydrogens (tertiary/aromatic N) is 3. The molecule has 4 saturated heterocycles. The highest BCUT2D eigenvalue weighted by atomic mass is 16.5. The lowest BCUT2D eigenvalue weighted by molar-refractivity contribution is -0.123. The van der Waals surface area contributed by atoms with Crippen LogP contribution in [0.4, 0.5) is 5.82 Å². The van der Waals surface area contributed by atoms with E-state index in [-0.39, 0.29) is 17.9 Å². The van der Waals surface area contributed by atoms with E-state index in [9.17, 15) is 9.59 Å². The predicted molar refractivity (Wildman–Crippen MR) is 129 cm³/mol. The molecule has 8 nitrogen and oxygen atoms in total. The first-order valence-corrected chi connectivity index (χ1v) is 13.1. The minimum absolute atomic E-state index is 0.00957. The second kappa shape index (κ2) is 11.0. The summed E-state index contributed by atoms with van der Waals surface area (Å²) in [6.07, 6.45) is 8.56. The number of hydrogen-bond acceptors (Lipinski definition) is 6. The molecular formula is C26H38N4O4. The fourth-order valence-electron chi connectivity index (χ4n) is 6.10. The zero-order chi connectivity index (χ0) is 23.3. The van der Waals surface area contributed by atoms with Gasteiger partial charge < -0.3 is 24.6 Å². The van der Waals surface area contributed by atoms with E-state index in [2.05, 4.69) is 15.2 Å². The van der Waals surface area contributed by atoms with Crippen molar-refractivity contribution < 1.29 is 19.1 Å². The molecule has 0 bridgehead atoms. The summed E-state index contributed by atoms with van der Waals surface area (Å²) < 4.78 is 11.5. The van der Waals surface area contributed by atoms with Crippen molar-refractivity contribution in [2.75, 3.05) is 57.4 Å². The molecule has 1 N–H and O–H groups in total. The summed E-state index contributed by atoms with van der Waals surface area (Å²) in [5.74, 6) is 2.42. The van der Waals surface area contributed by atoms with Crippen molar-refractivity contribution in [1.82, 2.24) is 15.2 Å². The van der Waals surface area contributed by atoms with Crippen LogP contribution in [0.15, 0.2) is 18.3 Å². The molecule has 0 saturated carbocycles. The first kappa shape index (κ1) is 23.5. The molecule has 4 fully saturated rings. The third-order valence-corrected chi connectivity index (χ3v) is 8.11. The van der Waals surface area contributed by atoms with Gasteiger partial charge in [-0.1, -0.05) is 0 Å². The minimum Gasteiger partial charge on any atom is -0.381 e. The number of anilines is 1. The highest BCUT2D eigenvalue weighted by molar-refractivity contribution is 5.99.